The first-order chi connectivity index (χ1) is 26.3. The number of benzene rings is 1. The lowest BCUT2D eigenvalue weighted by molar-refractivity contribution is -0.160. The number of ketones is 2. The number of carbonyl (C=O) groups is 3. The molecule has 302 valence electrons. The third kappa shape index (κ3) is 5.52. The van der Waals surface area contributed by atoms with E-state index in [1.807, 2.05) is 69.3 Å². The van der Waals surface area contributed by atoms with E-state index in [1.54, 1.807) is 0 Å². The lowest BCUT2D eigenvalue weighted by Gasteiger charge is -2.67. The van der Waals surface area contributed by atoms with Crippen LogP contribution in [0.15, 0.2) is 76.3 Å². The Labute approximate surface area is 330 Å². The van der Waals surface area contributed by atoms with Crippen LogP contribution in [-0.4, -0.2) is 68.3 Å². The zero-order valence-corrected chi connectivity index (χ0v) is 33.7. The van der Waals surface area contributed by atoms with E-state index in [4.69, 9.17) is 11.5 Å². The van der Waals surface area contributed by atoms with Gasteiger partial charge in [0.05, 0.1) is 24.4 Å². The maximum Gasteiger partial charge on any atom is 0.331 e. The van der Waals surface area contributed by atoms with Gasteiger partial charge in [-0.2, -0.15) is 0 Å². The maximum absolute atomic E-state index is 15.6. The Balaban J connectivity index is 1.49. The van der Waals surface area contributed by atoms with E-state index in [9.17, 15) is 30.0 Å². The summed E-state index contributed by atoms with van der Waals surface area (Å²) in [5, 5.41) is 47.8. The van der Waals surface area contributed by atoms with Crippen molar-refractivity contribution >= 4 is 29.6 Å². The van der Waals surface area contributed by atoms with Crippen molar-refractivity contribution in [2.75, 3.05) is 0 Å². The molecule has 12 atom stereocenters. The zero-order chi connectivity index (χ0) is 40.7. The molecule has 6 aliphatic carbocycles. The van der Waals surface area contributed by atoms with Crippen LogP contribution in [-0.2, 0) is 14.4 Å². The minimum Gasteiger partial charge on any atom is -0.478 e. The van der Waals surface area contributed by atoms with Crippen LogP contribution in [0.2, 0.25) is 0 Å². The normalized spacial score (nSPS) is 41.4. The van der Waals surface area contributed by atoms with Crippen molar-refractivity contribution in [3.05, 3.63) is 76.9 Å². The van der Waals surface area contributed by atoms with Gasteiger partial charge in [0.1, 0.15) is 5.78 Å². The van der Waals surface area contributed by atoms with E-state index >= 15 is 4.79 Å². The number of Topliss-reactive ketones (excluding diaryl/α,β-unsaturated/α-hetero) is 2. The van der Waals surface area contributed by atoms with Crippen LogP contribution in [0.5, 0.6) is 0 Å². The molecule has 10 nitrogen and oxygen atoms in total. The molecule has 1 aromatic rings. The fourth-order valence-corrected chi connectivity index (χ4v) is 14.1. The van der Waals surface area contributed by atoms with E-state index in [2.05, 4.69) is 24.9 Å². The average Bonchev–Trinajstić information content (AvgIpc) is 3.74. The van der Waals surface area contributed by atoms with Gasteiger partial charge >= 0.3 is 5.97 Å². The molecular formula is C46H61N3O7. The standard InChI is InChI=1S/C46H61N3O7/c1-25(40(55)56)22-31(50)35-26(2)45(21-18-30(35)49-41(47)48)24-34(53)44(6)37-36(32(51)23-46(44,45)28-14-10-11-15-28)43(5)20-19-33(52)42(3,4)39(43)29(38(37)54)17-16-27-12-8-7-9-13-27/h7-9,12-13,16-18,21-22,26,28-31,34-35,38-39,50,53-54H,10-11,14-15,19-20,23-24H2,1-6H3,(H,55,56)(H4,47,48,49). The highest BCUT2D eigenvalue weighted by atomic mass is 16.4. The molecular weight excluding hydrogens is 707 g/mol. The van der Waals surface area contributed by atoms with Crippen molar-refractivity contribution in [1.82, 2.24) is 0 Å². The van der Waals surface area contributed by atoms with E-state index in [1.165, 1.54) is 13.0 Å². The lowest BCUT2D eigenvalue weighted by Crippen LogP contribution is -2.66. The van der Waals surface area contributed by atoms with Crippen LogP contribution in [0.25, 0.3) is 6.08 Å². The molecule has 12 unspecified atom stereocenters. The number of allylic oxidation sites excluding steroid dienone is 2. The molecule has 8 N–H and O–H groups in total. The molecule has 0 aromatic heterocycles. The fraction of sp³-hybridized carbons (Fsp3) is 0.609. The Hall–Kier alpha value is -3.86. The van der Waals surface area contributed by atoms with Crippen molar-refractivity contribution in [2.24, 2.45) is 73.1 Å². The van der Waals surface area contributed by atoms with Gasteiger partial charge in [0.25, 0.3) is 0 Å². The summed E-state index contributed by atoms with van der Waals surface area (Å²) < 4.78 is 0. The van der Waals surface area contributed by atoms with Gasteiger partial charge in [-0.3, -0.25) is 9.59 Å². The molecule has 7 rings (SSSR count). The van der Waals surface area contributed by atoms with Crippen LogP contribution >= 0.6 is 0 Å². The summed E-state index contributed by atoms with van der Waals surface area (Å²) in [6.45, 7) is 11.6. The Bertz CT molecular complexity index is 1940. The van der Waals surface area contributed by atoms with Crippen LogP contribution in [0.3, 0.4) is 0 Å². The first-order valence-electron chi connectivity index (χ1n) is 20.6. The number of aliphatic imine (C=N–C) groups is 1. The molecule has 0 bridgehead atoms. The molecule has 3 saturated carbocycles. The number of aliphatic carboxylic acids is 1. The SMILES string of the molecule is CC(=CC(O)C1C(N=C(N)N)C=CC2(CC(O)C3(C)C4=C(C(=O)CC23C2CCCC2)C2(C)CCC(=O)C(C)(C)C2C(C=Cc2ccccc2)C4O)C1C)C(=O)O. The number of hydrogen-bond donors (Lipinski definition) is 6. The van der Waals surface area contributed by atoms with Crippen molar-refractivity contribution in [1.29, 1.82) is 0 Å². The predicted molar refractivity (Wildman–Crippen MR) is 216 cm³/mol. The largest absolute Gasteiger partial charge is 0.478 e. The molecule has 0 aliphatic heterocycles. The number of rotatable bonds is 7. The fourth-order valence-electron chi connectivity index (χ4n) is 14.1. The molecule has 56 heavy (non-hydrogen) atoms. The number of carbonyl (C=O) groups excluding carboxylic acids is 2. The minimum absolute atomic E-state index is 0.00360. The van der Waals surface area contributed by atoms with Gasteiger partial charge in [-0.05, 0) is 67.6 Å². The molecule has 0 saturated heterocycles. The van der Waals surface area contributed by atoms with Gasteiger partial charge in [0.15, 0.2) is 11.7 Å². The summed E-state index contributed by atoms with van der Waals surface area (Å²) in [5.41, 5.74) is 9.60. The number of fused-ring (bicyclic) bond motifs is 5. The second kappa shape index (κ2) is 13.9. The van der Waals surface area contributed by atoms with E-state index in [0.717, 1.165) is 31.2 Å². The Morgan fingerprint density at radius 3 is 2.32 bits per heavy atom. The highest BCUT2D eigenvalue weighted by molar-refractivity contribution is 6.01. The second-order valence-corrected chi connectivity index (χ2v) is 19.1. The number of aliphatic hydroxyl groups excluding tert-OH is 3. The summed E-state index contributed by atoms with van der Waals surface area (Å²) in [5.74, 6) is -3.27. The van der Waals surface area contributed by atoms with Gasteiger partial charge < -0.3 is 31.9 Å². The summed E-state index contributed by atoms with van der Waals surface area (Å²) in [7, 11) is 0. The number of nitrogens with two attached hydrogens (primary N) is 2. The van der Waals surface area contributed by atoms with E-state index in [-0.39, 0.29) is 47.8 Å². The zero-order valence-electron chi connectivity index (χ0n) is 33.7. The Kier molecular flexibility index (Phi) is 10.0. The van der Waals surface area contributed by atoms with Crippen LogP contribution in [0, 0.1) is 56.7 Å². The lowest BCUT2D eigenvalue weighted by atomic mass is 9.36. The van der Waals surface area contributed by atoms with Gasteiger partial charge in [0.2, 0.25) is 0 Å². The molecule has 0 radical (unpaired) electrons. The monoisotopic (exact) mass is 767 g/mol. The number of nitrogens with zero attached hydrogens (tertiary/aromatic N) is 1. The van der Waals surface area contributed by atoms with Crippen molar-refractivity contribution in [3.63, 3.8) is 0 Å². The second-order valence-electron chi connectivity index (χ2n) is 19.1. The topological polar surface area (TPSA) is 197 Å². The number of aliphatic hydroxyl groups is 3. The molecule has 0 heterocycles. The number of carboxylic acid groups (broad SMARTS) is 1. The molecule has 6 aliphatic rings. The quantitative estimate of drug-likeness (QED) is 0.0865. The number of hydrogen-bond acceptors (Lipinski definition) is 7. The number of carboxylic acids is 1. The summed E-state index contributed by atoms with van der Waals surface area (Å²) in [6.07, 6.45) is 10.8. The van der Waals surface area contributed by atoms with E-state index in [0.29, 0.717) is 24.0 Å². The van der Waals surface area contributed by atoms with Gasteiger partial charge in [-0.25, -0.2) is 9.79 Å². The molecule has 3 fully saturated rings. The summed E-state index contributed by atoms with van der Waals surface area (Å²) in [4.78, 5) is 45.9. The summed E-state index contributed by atoms with van der Waals surface area (Å²) in [6, 6.07) is 9.17. The van der Waals surface area contributed by atoms with Crippen molar-refractivity contribution in [3.8, 4) is 0 Å². The van der Waals surface area contributed by atoms with Crippen LogP contribution in [0.4, 0.5) is 0 Å². The minimum atomic E-state index is -1.26. The van der Waals surface area contributed by atoms with Crippen LogP contribution in [0.1, 0.15) is 98.5 Å². The Morgan fingerprint density at radius 1 is 1.04 bits per heavy atom. The van der Waals surface area contributed by atoms with Crippen molar-refractivity contribution in [2.45, 2.75) is 117 Å². The van der Waals surface area contributed by atoms with E-state index < -0.39 is 75.2 Å². The summed E-state index contributed by atoms with van der Waals surface area (Å²) >= 11 is 0. The highest BCUT2D eigenvalue weighted by Gasteiger charge is 2.79. The third-order valence-corrected chi connectivity index (χ3v) is 16.4. The van der Waals surface area contributed by atoms with Crippen molar-refractivity contribution < 1.29 is 34.8 Å². The van der Waals surface area contributed by atoms with Gasteiger partial charge in [-0.1, -0.05) is 102 Å². The molecule has 1 aromatic carbocycles. The smallest absolute Gasteiger partial charge is 0.331 e. The molecule has 10 heteroatoms. The first-order valence-corrected chi connectivity index (χ1v) is 20.6. The number of guanidine groups is 1. The van der Waals surface area contributed by atoms with Gasteiger partial charge in [-0.15, -0.1) is 0 Å². The Morgan fingerprint density at radius 2 is 1.70 bits per heavy atom. The van der Waals surface area contributed by atoms with Gasteiger partial charge in [0, 0.05) is 62.9 Å². The third-order valence-electron chi connectivity index (χ3n) is 16.4. The molecule has 0 amide bonds. The molecule has 1 spiro atoms. The average molecular weight is 768 g/mol. The van der Waals surface area contributed by atoms with Crippen LogP contribution < -0.4 is 11.5 Å². The highest BCUT2D eigenvalue weighted by Crippen LogP contribution is 2.80. The predicted octanol–water partition coefficient (Wildman–Crippen LogP) is 5.76. The first kappa shape index (κ1) is 40.3. The maximum atomic E-state index is 15.6.